The van der Waals surface area contributed by atoms with Gasteiger partial charge in [0.25, 0.3) is 0 Å². The van der Waals surface area contributed by atoms with Crippen LogP contribution in [-0.2, 0) is 0 Å². The second kappa shape index (κ2) is 5.73. The predicted octanol–water partition coefficient (Wildman–Crippen LogP) is 3.68. The highest BCUT2D eigenvalue weighted by atomic mass is 79.9. The molecule has 1 amide bonds. The van der Waals surface area contributed by atoms with Crippen LogP contribution in [0.2, 0.25) is 0 Å². The number of primary amides is 1. The fourth-order valence-electron chi connectivity index (χ4n) is 2.00. The Hall–Kier alpha value is -2.08. The lowest BCUT2D eigenvalue weighted by Crippen LogP contribution is -2.11. The summed E-state index contributed by atoms with van der Waals surface area (Å²) in [6, 6.07) is 5.92. The van der Waals surface area contributed by atoms with Gasteiger partial charge in [-0.05, 0) is 53.0 Å². The molecule has 0 heterocycles. The summed E-state index contributed by atoms with van der Waals surface area (Å²) in [5.74, 6) is -0.0688. The molecule has 2 aromatic carbocycles. The van der Waals surface area contributed by atoms with Crippen LogP contribution in [0.3, 0.4) is 0 Å². The summed E-state index contributed by atoms with van der Waals surface area (Å²) in [5.41, 5.74) is 13.1. The molecule has 0 aliphatic carbocycles. The van der Waals surface area contributed by atoms with Crippen LogP contribution in [0.1, 0.15) is 21.5 Å². The Morgan fingerprint density at radius 1 is 1.19 bits per heavy atom. The Kier molecular flexibility index (Phi) is 4.18. The van der Waals surface area contributed by atoms with Crippen LogP contribution in [-0.4, -0.2) is 5.91 Å². The van der Waals surface area contributed by atoms with E-state index in [4.69, 9.17) is 16.2 Å². The zero-order valence-corrected chi connectivity index (χ0v) is 13.1. The van der Waals surface area contributed by atoms with Crippen LogP contribution in [0, 0.1) is 19.7 Å². The van der Waals surface area contributed by atoms with Gasteiger partial charge in [0.1, 0.15) is 11.6 Å². The maximum absolute atomic E-state index is 13.4. The van der Waals surface area contributed by atoms with E-state index in [0.29, 0.717) is 17.1 Å². The maximum Gasteiger partial charge on any atom is 0.248 e. The molecular weight excluding hydrogens is 339 g/mol. The van der Waals surface area contributed by atoms with Crippen LogP contribution in [0.15, 0.2) is 28.7 Å². The number of benzene rings is 2. The smallest absolute Gasteiger partial charge is 0.248 e. The van der Waals surface area contributed by atoms with Gasteiger partial charge in [0.2, 0.25) is 5.91 Å². The van der Waals surface area contributed by atoms with Gasteiger partial charge in [-0.3, -0.25) is 4.79 Å². The molecule has 6 heteroatoms. The van der Waals surface area contributed by atoms with Crippen LogP contribution in [0.25, 0.3) is 0 Å². The lowest BCUT2D eigenvalue weighted by Gasteiger charge is -2.15. The average molecular weight is 353 g/mol. The van der Waals surface area contributed by atoms with Crippen LogP contribution in [0.5, 0.6) is 11.5 Å². The molecule has 4 N–H and O–H groups in total. The monoisotopic (exact) mass is 352 g/mol. The van der Waals surface area contributed by atoms with Crippen molar-refractivity contribution in [1.29, 1.82) is 0 Å². The molecule has 0 aromatic heterocycles. The van der Waals surface area contributed by atoms with Crippen LogP contribution >= 0.6 is 15.9 Å². The third-order valence-electron chi connectivity index (χ3n) is 3.01. The number of nitrogen functional groups attached to an aromatic ring is 1. The van der Waals surface area contributed by atoms with Crippen molar-refractivity contribution in [3.8, 4) is 11.5 Å². The minimum atomic E-state index is -0.503. The van der Waals surface area contributed by atoms with Crippen molar-refractivity contribution < 1.29 is 13.9 Å². The molecule has 110 valence electrons. The third-order valence-corrected chi connectivity index (χ3v) is 3.62. The van der Waals surface area contributed by atoms with Crippen molar-refractivity contribution in [1.82, 2.24) is 0 Å². The molecule has 2 aromatic rings. The number of rotatable bonds is 3. The number of ether oxygens (including phenoxy) is 1. The third kappa shape index (κ3) is 3.16. The first-order valence-electron chi connectivity index (χ1n) is 6.13. The summed E-state index contributed by atoms with van der Waals surface area (Å²) in [6.45, 7) is 3.59. The summed E-state index contributed by atoms with van der Waals surface area (Å²) in [6.07, 6.45) is 0. The normalized spacial score (nSPS) is 10.5. The van der Waals surface area contributed by atoms with Gasteiger partial charge in [0, 0.05) is 17.7 Å². The topological polar surface area (TPSA) is 78.3 Å². The average Bonchev–Trinajstić information content (AvgIpc) is 2.39. The predicted molar refractivity (Wildman–Crippen MR) is 83.0 cm³/mol. The molecule has 0 unspecified atom stereocenters. The molecule has 0 saturated carbocycles. The highest BCUT2D eigenvalue weighted by Crippen LogP contribution is 2.35. The number of aryl methyl sites for hydroxylation is 2. The number of amides is 1. The van der Waals surface area contributed by atoms with Crippen molar-refractivity contribution in [2.24, 2.45) is 5.73 Å². The van der Waals surface area contributed by atoms with Gasteiger partial charge < -0.3 is 16.2 Å². The largest absolute Gasteiger partial charge is 0.455 e. The summed E-state index contributed by atoms with van der Waals surface area (Å²) in [4.78, 5) is 11.2. The fourth-order valence-corrected chi connectivity index (χ4v) is 2.32. The van der Waals surface area contributed by atoms with Gasteiger partial charge in [-0.1, -0.05) is 0 Å². The number of nitrogens with two attached hydrogens (primary N) is 2. The van der Waals surface area contributed by atoms with Crippen molar-refractivity contribution >= 4 is 27.5 Å². The Morgan fingerprint density at radius 2 is 1.76 bits per heavy atom. The van der Waals surface area contributed by atoms with Crippen LogP contribution in [0.4, 0.5) is 10.1 Å². The molecule has 0 aliphatic rings. The number of anilines is 1. The molecule has 0 saturated heterocycles. The zero-order chi connectivity index (χ0) is 15.7. The van der Waals surface area contributed by atoms with Gasteiger partial charge in [-0.2, -0.15) is 0 Å². The van der Waals surface area contributed by atoms with Crippen molar-refractivity contribution in [3.05, 3.63) is 51.2 Å². The zero-order valence-electron chi connectivity index (χ0n) is 11.5. The van der Waals surface area contributed by atoms with Gasteiger partial charge in [-0.15, -0.1) is 0 Å². The molecule has 4 nitrogen and oxygen atoms in total. The molecule has 0 radical (unpaired) electrons. The summed E-state index contributed by atoms with van der Waals surface area (Å²) in [7, 11) is 0. The van der Waals surface area contributed by atoms with Crippen molar-refractivity contribution in [2.75, 3.05) is 5.73 Å². The van der Waals surface area contributed by atoms with Crippen molar-refractivity contribution in [2.45, 2.75) is 13.8 Å². The first-order chi connectivity index (χ1) is 9.79. The molecule has 0 bridgehead atoms. The number of halogens is 2. The molecule has 21 heavy (non-hydrogen) atoms. The number of hydrogen-bond donors (Lipinski definition) is 2. The molecule has 0 aliphatic heterocycles. The second-order valence-corrected chi connectivity index (χ2v) is 5.56. The van der Waals surface area contributed by atoms with Gasteiger partial charge in [-0.25, -0.2) is 4.39 Å². The van der Waals surface area contributed by atoms with E-state index < -0.39 is 11.7 Å². The first-order valence-corrected chi connectivity index (χ1v) is 6.92. The Labute approximate surface area is 130 Å². The molecule has 0 fully saturated rings. The van der Waals surface area contributed by atoms with Gasteiger partial charge in [0.05, 0.1) is 10.2 Å². The summed E-state index contributed by atoms with van der Waals surface area (Å²) >= 11 is 3.09. The van der Waals surface area contributed by atoms with E-state index >= 15 is 0 Å². The molecule has 0 atom stereocenters. The van der Waals surface area contributed by atoms with E-state index in [-0.39, 0.29) is 10.2 Å². The summed E-state index contributed by atoms with van der Waals surface area (Å²) < 4.78 is 19.4. The van der Waals surface area contributed by atoms with E-state index in [1.165, 1.54) is 12.1 Å². The Bertz CT molecular complexity index is 709. The molecular formula is C15H14BrFN2O2. The molecule has 2 rings (SSSR count). The Morgan fingerprint density at radius 3 is 2.29 bits per heavy atom. The number of carbonyl (C=O) groups is 1. The highest BCUT2D eigenvalue weighted by Gasteiger charge is 2.13. The lowest BCUT2D eigenvalue weighted by atomic mass is 10.1. The quantitative estimate of drug-likeness (QED) is 0.827. The van der Waals surface area contributed by atoms with E-state index in [1.807, 2.05) is 0 Å². The first kappa shape index (κ1) is 15.3. The highest BCUT2D eigenvalue weighted by molar-refractivity contribution is 9.10. The summed E-state index contributed by atoms with van der Waals surface area (Å²) in [5, 5.41) is 0. The van der Waals surface area contributed by atoms with Crippen LogP contribution < -0.4 is 16.2 Å². The minimum Gasteiger partial charge on any atom is -0.455 e. The van der Waals surface area contributed by atoms with Gasteiger partial charge >= 0.3 is 0 Å². The van der Waals surface area contributed by atoms with E-state index in [9.17, 15) is 9.18 Å². The fraction of sp³-hybridized carbons (Fsp3) is 0.133. The number of hydrogen-bond acceptors (Lipinski definition) is 3. The lowest BCUT2D eigenvalue weighted by molar-refractivity contribution is 0.1000. The minimum absolute atomic E-state index is 0.188. The van der Waals surface area contributed by atoms with Gasteiger partial charge in [0.15, 0.2) is 5.75 Å². The second-order valence-electron chi connectivity index (χ2n) is 4.71. The van der Waals surface area contributed by atoms with E-state index in [2.05, 4.69) is 15.9 Å². The standard InChI is InChI=1S/C15H14BrFN2O2/c1-7-3-9(15(19)20)4-8(2)14(7)21-13-5-10(16)11(17)6-12(13)18/h3-6H,18H2,1-2H3,(H2,19,20). The van der Waals surface area contributed by atoms with Crippen molar-refractivity contribution in [3.63, 3.8) is 0 Å². The molecule has 0 spiro atoms. The SMILES string of the molecule is Cc1cc(C(N)=O)cc(C)c1Oc1cc(Br)c(F)cc1N. The van der Waals surface area contributed by atoms with E-state index in [0.717, 1.165) is 11.1 Å². The Balaban J connectivity index is 2.45. The maximum atomic E-state index is 13.4. The number of carbonyl (C=O) groups excluding carboxylic acids is 1. The van der Waals surface area contributed by atoms with E-state index in [1.54, 1.807) is 26.0 Å².